The molecule has 1 saturated heterocycles. The second kappa shape index (κ2) is 10.0. The van der Waals surface area contributed by atoms with Crippen molar-refractivity contribution in [2.75, 3.05) is 44.4 Å². The van der Waals surface area contributed by atoms with E-state index in [0.29, 0.717) is 60.8 Å². The number of phenols is 1. The molecule has 5 N–H and O–H groups in total. The first-order chi connectivity index (χ1) is 15.9. The van der Waals surface area contributed by atoms with E-state index in [0.717, 1.165) is 18.7 Å². The molecular weight excluding hydrogens is 425 g/mol. The number of ether oxygens (including phenoxy) is 2. The predicted molar refractivity (Wildman–Crippen MR) is 124 cm³/mol. The number of halogens is 1. The molecule has 0 unspecified atom stereocenters. The lowest BCUT2D eigenvalue weighted by Crippen LogP contribution is -2.35. The van der Waals surface area contributed by atoms with Crippen LogP contribution >= 0.6 is 0 Å². The molecule has 0 aliphatic carbocycles. The van der Waals surface area contributed by atoms with Crippen molar-refractivity contribution in [2.45, 2.75) is 19.9 Å². The van der Waals surface area contributed by atoms with Gasteiger partial charge in [0, 0.05) is 43.4 Å². The zero-order chi connectivity index (χ0) is 23.4. The van der Waals surface area contributed by atoms with Crippen LogP contribution in [0.4, 0.5) is 16.2 Å². The van der Waals surface area contributed by atoms with Crippen LogP contribution in [0.5, 0.6) is 11.5 Å². The zero-order valence-electron chi connectivity index (χ0n) is 18.6. The molecule has 0 atom stereocenters. The standard InChI is InChI=1S/C24H28FN5O3/c1-2-33-21-11-15(9-18-13-28-24(27)29-23(18)26)10-20(31)22(21)16-3-4-17(19(25)12-16)14-30-5-7-32-8-6-30/h3-4,10-13,31H,2,5-9,14H2,1H3,(H4,26,27,28,29). The van der Waals surface area contributed by atoms with E-state index in [2.05, 4.69) is 14.9 Å². The first-order valence-electron chi connectivity index (χ1n) is 10.9. The highest BCUT2D eigenvalue weighted by Crippen LogP contribution is 2.40. The highest BCUT2D eigenvalue weighted by molar-refractivity contribution is 5.77. The van der Waals surface area contributed by atoms with Crippen molar-refractivity contribution < 1.29 is 19.0 Å². The lowest BCUT2D eigenvalue weighted by molar-refractivity contribution is 0.0337. The fraction of sp³-hybridized carbons (Fsp3) is 0.333. The van der Waals surface area contributed by atoms with Gasteiger partial charge in [-0.3, -0.25) is 4.90 Å². The molecule has 0 radical (unpaired) electrons. The summed E-state index contributed by atoms with van der Waals surface area (Å²) in [6, 6.07) is 8.44. The van der Waals surface area contributed by atoms with Gasteiger partial charge in [-0.1, -0.05) is 12.1 Å². The van der Waals surface area contributed by atoms with Crippen LogP contribution in [0.2, 0.25) is 0 Å². The van der Waals surface area contributed by atoms with Gasteiger partial charge in [-0.05, 0) is 36.2 Å². The average molecular weight is 454 g/mol. The molecule has 4 rings (SSSR count). The van der Waals surface area contributed by atoms with Gasteiger partial charge in [0.1, 0.15) is 23.1 Å². The summed E-state index contributed by atoms with van der Waals surface area (Å²) in [5.74, 6) is 0.510. The summed E-state index contributed by atoms with van der Waals surface area (Å²) in [5.41, 5.74) is 14.5. The quantitative estimate of drug-likeness (QED) is 0.499. The minimum absolute atomic E-state index is 0.00814. The Balaban J connectivity index is 1.63. The molecule has 1 aromatic heterocycles. The van der Waals surface area contributed by atoms with Gasteiger partial charge in [-0.2, -0.15) is 4.98 Å². The molecule has 1 fully saturated rings. The van der Waals surface area contributed by atoms with Gasteiger partial charge >= 0.3 is 0 Å². The maximum Gasteiger partial charge on any atom is 0.221 e. The van der Waals surface area contributed by atoms with Crippen LogP contribution in [-0.4, -0.2) is 52.9 Å². The Kier molecular flexibility index (Phi) is 6.90. The number of phenolic OH excluding ortho intramolecular Hbond substituents is 1. The molecule has 33 heavy (non-hydrogen) atoms. The van der Waals surface area contributed by atoms with Crippen LogP contribution in [0.15, 0.2) is 36.5 Å². The Bertz CT molecular complexity index is 1140. The molecular formula is C24H28FN5O3. The minimum Gasteiger partial charge on any atom is -0.507 e. The third-order valence-electron chi connectivity index (χ3n) is 5.59. The number of hydrogen-bond acceptors (Lipinski definition) is 8. The van der Waals surface area contributed by atoms with Crippen molar-refractivity contribution in [3.8, 4) is 22.6 Å². The van der Waals surface area contributed by atoms with E-state index >= 15 is 0 Å². The largest absolute Gasteiger partial charge is 0.507 e. The molecule has 1 aliphatic heterocycles. The summed E-state index contributed by atoms with van der Waals surface area (Å²) in [4.78, 5) is 10.1. The number of rotatable bonds is 7. The Morgan fingerprint density at radius 3 is 2.64 bits per heavy atom. The zero-order valence-corrected chi connectivity index (χ0v) is 18.6. The van der Waals surface area contributed by atoms with Crippen LogP contribution in [0, 0.1) is 5.82 Å². The Morgan fingerprint density at radius 1 is 1.15 bits per heavy atom. The molecule has 174 valence electrons. The van der Waals surface area contributed by atoms with Crippen LogP contribution in [0.1, 0.15) is 23.6 Å². The van der Waals surface area contributed by atoms with Crippen molar-refractivity contribution >= 4 is 11.8 Å². The van der Waals surface area contributed by atoms with E-state index in [-0.39, 0.29) is 23.3 Å². The van der Waals surface area contributed by atoms with Gasteiger partial charge in [0.15, 0.2) is 0 Å². The summed E-state index contributed by atoms with van der Waals surface area (Å²) in [5, 5.41) is 10.9. The van der Waals surface area contributed by atoms with Crippen molar-refractivity contribution in [1.29, 1.82) is 0 Å². The number of nitrogens with two attached hydrogens (primary N) is 2. The third kappa shape index (κ3) is 5.32. The van der Waals surface area contributed by atoms with Gasteiger partial charge in [-0.25, -0.2) is 9.37 Å². The second-order valence-electron chi connectivity index (χ2n) is 7.93. The molecule has 0 bridgehead atoms. The van der Waals surface area contributed by atoms with E-state index in [1.807, 2.05) is 19.1 Å². The molecule has 3 aromatic rings. The summed E-state index contributed by atoms with van der Waals surface area (Å²) in [6.45, 7) is 5.64. The number of morpholine rings is 1. The average Bonchev–Trinajstić information content (AvgIpc) is 2.78. The van der Waals surface area contributed by atoms with E-state index < -0.39 is 0 Å². The van der Waals surface area contributed by atoms with E-state index in [1.54, 1.807) is 18.3 Å². The van der Waals surface area contributed by atoms with Crippen molar-refractivity contribution in [1.82, 2.24) is 14.9 Å². The maximum absolute atomic E-state index is 15.0. The molecule has 0 spiro atoms. The Labute approximate surface area is 192 Å². The molecule has 2 aromatic carbocycles. The summed E-state index contributed by atoms with van der Waals surface area (Å²) in [7, 11) is 0. The smallest absolute Gasteiger partial charge is 0.221 e. The van der Waals surface area contributed by atoms with Gasteiger partial charge in [0.2, 0.25) is 5.95 Å². The Morgan fingerprint density at radius 2 is 1.94 bits per heavy atom. The second-order valence-corrected chi connectivity index (χ2v) is 7.93. The fourth-order valence-corrected chi connectivity index (χ4v) is 3.94. The topological polar surface area (TPSA) is 120 Å². The number of nitrogen functional groups attached to an aromatic ring is 2. The number of hydrogen-bond donors (Lipinski definition) is 3. The van der Waals surface area contributed by atoms with Crippen molar-refractivity contribution in [3.05, 3.63) is 59.0 Å². The predicted octanol–water partition coefficient (Wildman–Crippen LogP) is 2.97. The summed E-state index contributed by atoms with van der Waals surface area (Å²) >= 11 is 0. The number of anilines is 2. The number of aromatic nitrogens is 2. The van der Waals surface area contributed by atoms with Crippen LogP contribution in [0.3, 0.4) is 0 Å². The van der Waals surface area contributed by atoms with Crippen LogP contribution in [-0.2, 0) is 17.7 Å². The molecule has 1 aliphatic rings. The highest BCUT2D eigenvalue weighted by Gasteiger charge is 2.18. The third-order valence-corrected chi connectivity index (χ3v) is 5.59. The molecule has 8 nitrogen and oxygen atoms in total. The fourth-order valence-electron chi connectivity index (χ4n) is 3.94. The van der Waals surface area contributed by atoms with Gasteiger partial charge in [-0.15, -0.1) is 0 Å². The van der Waals surface area contributed by atoms with Crippen LogP contribution < -0.4 is 16.2 Å². The lowest BCUT2D eigenvalue weighted by atomic mass is 9.97. The highest BCUT2D eigenvalue weighted by atomic mass is 19.1. The van der Waals surface area contributed by atoms with E-state index in [9.17, 15) is 9.50 Å². The number of nitrogens with zero attached hydrogens (tertiary/aromatic N) is 3. The van der Waals surface area contributed by atoms with Gasteiger partial charge in [0.05, 0.1) is 25.4 Å². The van der Waals surface area contributed by atoms with Crippen molar-refractivity contribution in [3.63, 3.8) is 0 Å². The monoisotopic (exact) mass is 453 g/mol. The molecule has 0 saturated carbocycles. The lowest BCUT2D eigenvalue weighted by Gasteiger charge is -2.26. The van der Waals surface area contributed by atoms with E-state index in [4.69, 9.17) is 20.9 Å². The Hall–Kier alpha value is -3.43. The number of aromatic hydroxyl groups is 1. The van der Waals surface area contributed by atoms with Crippen LogP contribution in [0.25, 0.3) is 11.1 Å². The van der Waals surface area contributed by atoms with Crippen molar-refractivity contribution in [2.24, 2.45) is 0 Å². The molecule has 9 heteroatoms. The minimum atomic E-state index is -0.322. The van der Waals surface area contributed by atoms with Gasteiger partial charge in [0.25, 0.3) is 0 Å². The summed E-state index contributed by atoms with van der Waals surface area (Å²) in [6.07, 6.45) is 1.94. The maximum atomic E-state index is 15.0. The van der Waals surface area contributed by atoms with Gasteiger partial charge < -0.3 is 26.0 Å². The SMILES string of the molecule is CCOc1cc(Cc2cnc(N)nc2N)cc(O)c1-c1ccc(CN2CCOCC2)c(F)c1. The van der Waals surface area contributed by atoms with E-state index in [1.165, 1.54) is 6.07 Å². The molecule has 0 amide bonds. The first kappa shape index (κ1) is 22.8. The summed E-state index contributed by atoms with van der Waals surface area (Å²) < 4.78 is 26.1. The number of benzene rings is 2. The normalized spacial score (nSPS) is 14.4. The molecule has 2 heterocycles. The first-order valence-corrected chi connectivity index (χ1v) is 10.9.